The fourth-order valence-corrected chi connectivity index (χ4v) is 3.15. The Labute approximate surface area is 131 Å². The highest BCUT2D eigenvalue weighted by Gasteiger charge is 2.23. The van der Waals surface area contributed by atoms with E-state index in [0.717, 1.165) is 38.0 Å². The van der Waals surface area contributed by atoms with Crippen molar-refractivity contribution in [3.05, 3.63) is 28.5 Å². The van der Waals surface area contributed by atoms with E-state index >= 15 is 0 Å². The fraction of sp³-hybridized carbons (Fsp3) is 0.625. The minimum Gasteiger partial charge on any atom is -0.350 e. The average Bonchev–Trinajstić information content (AvgIpc) is 2.92. The van der Waals surface area contributed by atoms with Crippen LogP contribution in [0.15, 0.2) is 12.1 Å². The number of carbonyl (C=O) groups excluding carboxylic acids is 1. The minimum atomic E-state index is -0.0559. The summed E-state index contributed by atoms with van der Waals surface area (Å²) < 4.78 is 0. The Hall–Kier alpha value is -1.13. The van der Waals surface area contributed by atoms with E-state index in [2.05, 4.69) is 29.0 Å². The topological polar surface area (TPSA) is 45.2 Å². The van der Waals surface area contributed by atoms with E-state index in [0.29, 0.717) is 23.3 Å². The maximum Gasteiger partial charge on any atom is 0.251 e. The van der Waals surface area contributed by atoms with Gasteiger partial charge in [-0.05, 0) is 44.5 Å². The number of amides is 1. The molecule has 1 amide bonds. The van der Waals surface area contributed by atoms with Gasteiger partial charge in [-0.2, -0.15) is 0 Å². The standard InChI is InChI=1S/C16H24ClN3O/c1-3-6-13-9-12(10-15(17)19-13)16(21)18-11-14-7-5-8-20(14)4-2/h9-10,14H,3-8,11H2,1-2H3,(H,18,21). The monoisotopic (exact) mass is 309 g/mol. The summed E-state index contributed by atoms with van der Waals surface area (Å²) in [5.74, 6) is -0.0559. The van der Waals surface area contributed by atoms with Gasteiger partial charge in [0.2, 0.25) is 0 Å². The summed E-state index contributed by atoms with van der Waals surface area (Å²) in [6.45, 7) is 7.14. The summed E-state index contributed by atoms with van der Waals surface area (Å²) in [5, 5.41) is 3.43. The van der Waals surface area contributed by atoms with Crippen molar-refractivity contribution in [1.82, 2.24) is 15.2 Å². The van der Waals surface area contributed by atoms with Gasteiger partial charge in [0, 0.05) is 23.8 Å². The van der Waals surface area contributed by atoms with E-state index in [4.69, 9.17) is 11.6 Å². The number of aryl methyl sites for hydroxylation is 1. The predicted octanol–water partition coefficient (Wildman–Crippen LogP) is 2.90. The SMILES string of the molecule is CCCc1cc(C(=O)NCC2CCCN2CC)cc(Cl)n1. The summed E-state index contributed by atoms with van der Waals surface area (Å²) in [7, 11) is 0. The number of hydrogen-bond donors (Lipinski definition) is 1. The molecule has 5 heteroatoms. The van der Waals surface area contributed by atoms with Gasteiger partial charge in [-0.25, -0.2) is 4.98 Å². The molecule has 1 atom stereocenters. The summed E-state index contributed by atoms with van der Waals surface area (Å²) in [4.78, 5) is 19.0. The van der Waals surface area contributed by atoms with E-state index < -0.39 is 0 Å². The lowest BCUT2D eigenvalue weighted by Crippen LogP contribution is -2.40. The molecule has 4 nitrogen and oxygen atoms in total. The van der Waals surface area contributed by atoms with Gasteiger partial charge >= 0.3 is 0 Å². The molecule has 21 heavy (non-hydrogen) atoms. The fourth-order valence-electron chi connectivity index (χ4n) is 2.92. The van der Waals surface area contributed by atoms with Crippen LogP contribution in [0.1, 0.15) is 49.2 Å². The lowest BCUT2D eigenvalue weighted by Gasteiger charge is -2.22. The Kier molecular flexibility index (Phi) is 6.00. The third-order valence-electron chi connectivity index (χ3n) is 4.02. The van der Waals surface area contributed by atoms with Crippen LogP contribution in [0.3, 0.4) is 0 Å². The van der Waals surface area contributed by atoms with Crippen molar-refractivity contribution in [1.29, 1.82) is 0 Å². The van der Waals surface area contributed by atoms with Crippen LogP contribution in [-0.2, 0) is 6.42 Å². The van der Waals surface area contributed by atoms with E-state index in [1.54, 1.807) is 6.07 Å². The van der Waals surface area contributed by atoms with Crippen molar-refractivity contribution in [2.24, 2.45) is 0 Å². The second-order valence-corrected chi connectivity index (χ2v) is 5.94. The summed E-state index contributed by atoms with van der Waals surface area (Å²) in [5.41, 5.74) is 1.49. The van der Waals surface area contributed by atoms with Gasteiger partial charge in [0.05, 0.1) is 0 Å². The number of carbonyl (C=O) groups is 1. The molecule has 1 N–H and O–H groups in total. The molecular formula is C16H24ClN3O. The van der Waals surface area contributed by atoms with Gasteiger partial charge < -0.3 is 5.32 Å². The Bertz CT molecular complexity index is 492. The van der Waals surface area contributed by atoms with Crippen LogP contribution in [0.25, 0.3) is 0 Å². The number of pyridine rings is 1. The Morgan fingerprint density at radius 2 is 2.29 bits per heavy atom. The quantitative estimate of drug-likeness (QED) is 0.822. The van der Waals surface area contributed by atoms with Crippen molar-refractivity contribution < 1.29 is 4.79 Å². The lowest BCUT2D eigenvalue weighted by molar-refractivity contribution is 0.0941. The van der Waals surface area contributed by atoms with Crippen LogP contribution in [0.2, 0.25) is 5.15 Å². The third-order valence-corrected chi connectivity index (χ3v) is 4.21. The molecule has 2 rings (SSSR count). The molecule has 0 radical (unpaired) electrons. The highest BCUT2D eigenvalue weighted by atomic mass is 35.5. The number of likely N-dealkylation sites (tertiary alicyclic amines) is 1. The molecule has 1 aliphatic heterocycles. The Morgan fingerprint density at radius 1 is 1.48 bits per heavy atom. The highest BCUT2D eigenvalue weighted by molar-refractivity contribution is 6.29. The first-order valence-electron chi connectivity index (χ1n) is 7.82. The summed E-state index contributed by atoms with van der Waals surface area (Å²) in [6, 6.07) is 3.95. The second kappa shape index (κ2) is 7.76. The van der Waals surface area contributed by atoms with Crippen molar-refractivity contribution >= 4 is 17.5 Å². The zero-order valence-electron chi connectivity index (χ0n) is 12.9. The first kappa shape index (κ1) is 16.2. The predicted molar refractivity (Wildman–Crippen MR) is 85.8 cm³/mol. The maximum atomic E-state index is 12.3. The van der Waals surface area contributed by atoms with Crippen molar-refractivity contribution in [2.45, 2.75) is 45.6 Å². The molecule has 0 bridgehead atoms. The molecule has 0 spiro atoms. The van der Waals surface area contributed by atoms with E-state index in [1.165, 1.54) is 6.42 Å². The average molecular weight is 310 g/mol. The van der Waals surface area contributed by atoms with Crippen LogP contribution in [0, 0.1) is 0 Å². The minimum absolute atomic E-state index is 0.0559. The smallest absolute Gasteiger partial charge is 0.251 e. The second-order valence-electron chi connectivity index (χ2n) is 5.55. The van der Waals surface area contributed by atoms with Crippen LogP contribution in [-0.4, -0.2) is 41.5 Å². The Balaban J connectivity index is 1.96. The van der Waals surface area contributed by atoms with Crippen LogP contribution >= 0.6 is 11.6 Å². The number of aromatic nitrogens is 1. The lowest BCUT2D eigenvalue weighted by atomic mass is 10.1. The molecule has 1 saturated heterocycles. The first-order valence-corrected chi connectivity index (χ1v) is 8.20. The summed E-state index contributed by atoms with van der Waals surface area (Å²) in [6.07, 6.45) is 4.21. The van der Waals surface area contributed by atoms with E-state index in [9.17, 15) is 4.79 Å². The largest absolute Gasteiger partial charge is 0.350 e. The van der Waals surface area contributed by atoms with E-state index in [1.807, 2.05) is 6.07 Å². The van der Waals surface area contributed by atoms with Gasteiger partial charge in [-0.3, -0.25) is 9.69 Å². The Morgan fingerprint density at radius 3 is 3.00 bits per heavy atom. The molecule has 1 aromatic rings. The molecule has 116 valence electrons. The third kappa shape index (κ3) is 4.42. The van der Waals surface area contributed by atoms with Gasteiger partial charge in [-0.15, -0.1) is 0 Å². The number of nitrogens with zero attached hydrogens (tertiary/aromatic N) is 2. The van der Waals surface area contributed by atoms with Crippen molar-refractivity contribution in [2.75, 3.05) is 19.6 Å². The van der Waals surface area contributed by atoms with Crippen molar-refractivity contribution in [3.8, 4) is 0 Å². The molecule has 1 unspecified atom stereocenters. The summed E-state index contributed by atoms with van der Waals surface area (Å²) >= 11 is 6.00. The number of rotatable bonds is 6. The van der Waals surface area contributed by atoms with E-state index in [-0.39, 0.29) is 5.91 Å². The number of hydrogen-bond acceptors (Lipinski definition) is 3. The molecule has 1 fully saturated rings. The first-order chi connectivity index (χ1) is 10.1. The molecule has 0 aliphatic carbocycles. The van der Waals surface area contributed by atoms with Crippen LogP contribution < -0.4 is 5.32 Å². The number of likely N-dealkylation sites (N-methyl/N-ethyl adjacent to an activating group) is 1. The molecule has 0 aromatic carbocycles. The molecule has 0 saturated carbocycles. The zero-order valence-corrected chi connectivity index (χ0v) is 13.6. The van der Waals surface area contributed by atoms with Crippen LogP contribution in [0.4, 0.5) is 0 Å². The van der Waals surface area contributed by atoms with Crippen molar-refractivity contribution in [3.63, 3.8) is 0 Å². The van der Waals surface area contributed by atoms with Crippen LogP contribution in [0.5, 0.6) is 0 Å². The van der Waals surface area contributed by atoms with Gasteiger partial charge in [-0.1, -0.05) is 31.9 Å². The normalized spacial score (nSPS) is 18.9. The van der Waals surface area contributed by atoms with Gasteiger partial charge in [0.1, 0.15) is 5.15 Å². The molecule has 1 aromatic heterocycles. The zero-order chi connectivity index (χ0) is 15.2. The molecular weight excluding hydrogens is 286 g/mol. The number of halogens is 1. The maximum absolute atomic E-state index is 12.3. The number of nitrogens with one attached hydrogen (secondary N) is 1. The molecule has 2 heterocycles. The highest BCUT2D eigenvalue weighted by Crippen LogP contribution is 2.16. The molecule has 1 aliphatic rings. The van der Waals surface area contributed by atoms with Gasteiger partial charge in [0.25, 0.3) is 5.91 Å². The van der Waals surface area contributed by atoms with Gasteiger partial charge in [0.15, 0.2) is 0 Å².